The lowest BCUT2D eigenvalue weighted by atomic mass is 10.2. The summed E-state index contributed by atoms with van der Waals surface area (Å²) in [6, 6.07) is 11.5. The highest BCUT2D eigenvalue weighted by Crippen LogP contribution is 2.37. The van der Waals surface area contributed by atoms with Crippen molar-refractivity contribution in [3.8, 4) is 22.8 Å². The molecule has 0 radical (unpaired) electrons. The number of aliphatic hydroxyl groups is 1. The van der Waals surface area contributed by atoms with Crippen molar-refractivity contribution in [2.24, 2.45) is 0 Å². The fraction of sp³-hybridized carbons (Fsp3) is 0.217. The summed E-state index contributed by atoms with van der Waals surface area (Å²) in [5, 5.41) is 21.7. The molecule has 4 rings (SSSR count). The molecule has 1 aliphatic heterocycles. The molecule has 0 saturated carbocycles. The van der Waals surface area contributed by atoms with E-state index in [9.17, 15) is 9.50 Å². The van der Waals surface area contributed by atoms with E-state index < -0.39 is 0 Å². The van der Waals surface area contributed by atoms with Crippen LogP contribution >= 0.6 is 11.3 Å². The van der Waals surface area contributed by atoms with Crippen LogP contribution in [0.15, 0.2) is 53.6 Å². The van der Waals surface area contributed by atoms with E-state index in [0.29, 0.717) is 46.7 Å². The summed E-state index contributed by atoms with van der Waals surface area (Å²) in [4.78, 5) is 6.27. The van der Waals surface area contributed by atoms with Gasteiger partial charge in [-0.05, 0) is 50.2 Å². The second-order valence-electron chi connectivity index (χ2n) is 6.80. The molecule has 1 aliphatic rings. The Morgan fingerprint density at radius 2 is 1.81 bits per heavy atom. The van der Waals surface area contributed by atoms with Gasteiger partial charge >= 0.3 is 0 Å². The van der Waals surface area contributed by atoms with Crippen molar-refractivity contribution in [2.75, 3.05) is 24.7 Å². The molecule has 2 N–H and O–H groups in total. The zero-order valence-corrected chi connectivity index (χ0v) is 18.0. The molecule has 0 atom stereocenters. The van der Waals surface area contributed by atoms with E-state index in [1.54, 1.807) is 17.0 Å². The van der Waals surface area contributed by atoms with Crippen molar-refractivity contribution in [3.63, 3.8) is 0 Å². The number of ether oxygens (including phenoxy) is 2. The summed E-state index contributed by atoms with van der Waals surface area (Å²) >= 11 is 1.34. The van der Waals surface area contributed by atoms with Crippen LogP contribution in [0.2, 0.25) is 0 Å². The molecule has 6 nitrogen and oxygen atoms in total. The maximum absolute atomic E-state index is 13.2. The third-order valence-electron chi connectivity index (χ3n) is 4.80. The SMILES string of the molecule is CCOc1ccc(N2CC(O)=C(c3nc(-c4ccc(F)cc4)cs3)C2=N)cc1OCC. The van der Waals surface area contributed by atoms with Gasteiger partial charge < -0.3 is 19.5 Å². The minimum Gasteiger partial charge on any atom is -0.510 e. The fourth-order valence-corrected chi connectivity index (χ4v) is 4.27. The first-order chi connectivity index (χ1) is 15.0. The molecule has 0 spiro atoms. The van der Waals surface area contributed by atoms with Crippen LogP contribution in [0.1, 0.15) is 18.9 Å². The van der Waals surface area contributed by atoms with E-state index in [-0.39, 0.29) is 24.0 Å². The van der Waals surface area contributed by atoms with E-state index >= 15 is 0 Å². The van der Waals surface area contributed by atoms with Crippen LogP contribution in [0.5, 0.6) is 11.5 Å². The normalized spacial score (nSPS) is 13.8. The summed E-state index contributed by atoms with van der Waals surface area (Å²) < 4.78 is 24.5. The van der Waals surface area contributed by atoms with E-state index in [1.165, 1.54) is 23.5 Å². The average Bonchev–Trinajstić information content (AvgIpc) is 3.34. The number of benzene rings is 2. The number of nitrogens with one attached hydrogen (secondary N) is 1. The lowest BCUT2D eigenvalue weighted by Crippen LogP contribution is -2.26. The number of anilines is 1. The molecule has 2 aromatic carbocycles. The van der Waals surface area contributed by atoms with Gasteiger partial charge in [-0.3, -0.25) is 5.41 Å². The number of hydrogen-bond acceptors (Lipinski definition) is 6. The third-order valence-corrected chi connectivity index (χ3v) is 5.66. The van der Waals surface area contributed by atoms with E-state index in [2.05, 4.69) is 4.98 Å². The summed E-state index contributed by atoms with van der Waals surface area (Å²) in [5.74, 6) is 1.16. The minimum absolute atomic E-state index is 0.0804. The number of amidine groups is 1. The second-order valence-corrected chi connectivity index (χ2v) is 7.66. The molecule has 160 valence electrons. The van der Waals surface area contributed by atoms with Crippen molar-refractivity contribution < 1.29 is 19.0 Å². The number of nitrogens with zero attached hydrogens (tertiary/aromatic N) is 2. The van der Waals surface area contributed by atoms with Crippen molar-refractivity contribution in [1.29, 1.82) is 5.41 Å². The second kappa shape index (κ2) is 8.77. The molecular weight excluding hydrogens is 417 g/mol. The fourth-order valence-electron chi connectivity index (χ4n) is 3.37. The van der Waals surface area contributed by atoms with Crippen molar-refractivity contribution in [1.82, 2.24) is 4.98 Å². The van der Waals surface area contributed by atoms with Crippen LogP contribution in [0.25, 0.3) is 16.8 Å². The molecule has 31 heavy (non-hydrogen) atoms. The molecule has 0 aliphatic carbocycles. The Kier molecular flexibility index (Phi) is 5.90. The smallest absolute Gasteiger partial charge is 0.163 e. The van der Waals surface area contributed by atoms with Gasteiger partial charge in [0.15, 0.2) is 11.5 Å². The lowest BCUT2D eigenvalue weighted by molar-refractivity contribution is 0.288. The van der Waals surface area contributed by atoms with Crippen LogP contribution in [-0.4, -0.2) is 35.7 Å². The van der Waals surface area contributed by atoms with Crippen molar-refractivity contribution in [2.45, 2.75) is 13.8 Å². The predicted molar refractivity (Wildman–Crippen MR) is 121 cm³/mol. The van der Waals surface area contributed by atoms with Gasteiger partial charge in [-0.15, -0.1) is 11.3 Å². The van der Waals surface area contributed by atoms with Gasteiger partial charge in [0, 0.05) is 22.7 Å². The predicted octanol–water partition coefficient (Wildman–Crippen LogP) is 5.51. The number of aliphatic hydroxyl groups excluding tert-OH is 1. The molecule has 0 fully saturated rings. The Bertz CT molecular complexity index is 1140. The molecule has 2 heterocycles. The Balaban J connectivity index is 1.61. The maximum Gasteiger partial charge on any atom is 0.163 e. The number of hydrogen-bond donors (Lipinski definition) is 2. The average molecular weight is 440 g/mol. The first-order valence-corrected chi connectivity index (χ1v) is 10.8. The van der Waals surface area contributed by atoms with E-state index in [4.69, 9.17) is 14.9 Å². The topological polar surface area (TPSA) is 78.7 Å². The standard InChI is InChI=1S/C23H22FN3O3S/c1-3-29-19-10-9-16(11-20(19)30-4-2)27-12-18(28)21(22(27)25)23-26-17(13-31-23)14-5-7-15(24)8-6-14/h5-11,13,25,28H,3-4,12H2,1-2H3. The molecule has 0 amide bonds. The first-order valence-electron chi connectivity index (χ1n) is 9.91. The number of halogens is 1. The van der Waals surface area contributed by atoms with Gasteiger partial charge in [0.2, 0.25) is 0 Å². The molecule has 8 heteroatoms. The Morgan fingerprint density at radius 3 is 2.52 bits per heavy atom. The van der Waals surface area contributed by atoms with Gasteiger partial charge in [-0.2, -0.15) is 0 Å². The molecule has 1 aromatic heterocycles. The Labute approximate surface area is 183 Å². The highest BCUT2D eigenvalue weighted by Gasteiger charge is 2.31. The summed E-state index contributed by atoms with van der Waals surface area (Å²) in [5.41, 5.74) is 2.56. The number of rotatable bonds is 7. The van der Waals surface area contributed by atoms with Gasteiger partial charge in [-0.25, -0.2) is 9.37 Å². The molecule has 0 saturated heterocycles. The summed E-state index contributed by atoms with van der Waals surface area (Å²) in [6.07, 6.45) is 0. The largest absolute Gasteiger partial charge is 0.510 e. The van der Waals surface area contributed by atoms with Gasteiger partial charge in [0.25, 0.3) is 0 Å². The summed E-state index contributed by atoms with van der Waals surface area (Å²) in [7, 11) is 0. The highest BCUT2D eigenvalue weighted by atomic mass is 32.1. The summed E-state index contributed by atoms with van der Waals surface area (Å²) in [6.45, 7) is 4.97. The van der Waals surface area contributed by atoms with Crippen LogP contribution in [0, 0.1) is 11.2 Å². The van der Waals surface area contributed by atoms with E-state index in [1.807, 2.05) is 37.4 Å². The lowest BCUT2D eigenvalue weighted by Gasteiger charge is -2.20. The molecule has 0 bridgehead atoms. The van der Waals surface area contributed by atoms with Crippen LogP contribution in [-0.2, 0) is 0 Å². The van der Waals surface area contributed by atoms with Crippen LogP contribution < -0.4 is 14.4 Å². The Hall–Kier alpha value is -3.39. The number of thiazole rings is 1. The third kappa shape index (κ3) is 4.11. The zero-order valence-electron chi connectivity index (χ0n) is 17.2. The highest BCUT2D eigenvalue weighted by molar-refractivity contribution is 7.11. The molecule has 0 unspecified atom stereocenters. The maximum atomic E-state index is 13.2. The Morgan fingerprint density at radius 1 is 1.10 bits per heavy atom. The molecular formula is C23H22FN3O3S. The zero-order chi connectivity index (χ0) is 22.0. The van der Waals surface area contributed by atoms with Gasteiger partial charge in [0.1, 0.15) is 22.4 Å². The van der Waals surface area contributed by atoms with Crippen molar-refractivity contribution in [3.05, 3.63) is 64.4 Å². The van der Waals surface area contributed by atoms with E-state index in [0.717, 1.165) is 5.56 Å². The minimum atomic E-state index is -0.311. The monoisotopic (exact) mass is 439 g/mol. The van der Waals surface area contributed by atoms with Crippen LogP contribution in [0.3, 0.4) is 0 Å². The van der Waals surface area contributed by atoms with Gasteiger partial charge in [-0.1, -0.05) is 0 Å². The van der Waals surface area contributed by atoms with Crippen LogP contribution in [0.4, 0.5) is 10.1 Å². The first kappa shape index (κ1) is 20.9. The van der Waals surface area contributed by atoms with Crippen molar-refractivity contribution >= 4 is 28.4 Å². The quantitative estimate of drug-likeness (QED) is 0.507. The van der Waals surface area contributed by atoms with Gasteiger partial charge in [0.05, 0.1) is 31.0 Å². The molecule has 3 aromatic rings. The number of aromatic nitrogens is 1.